The number of aromatic amines is 1. The second kappa shape index (κ2) is 6.72. The Morgan fingerprint density at radius 1 is 1.20 bits per heavy atom. The molecule has 7 heteroatoms. The largest absolute Gasteiger partial charge is 0.366 e. The van der Waals surface area contributed by atoms with Gasteiger partial charge in [0.25, 0.3) is 5.91 Å². The summed E-state index contributed by atoms with van der Waals surface area (Å²) in [6.45, 7) is 3.81. The average Bonchev–Trinajstić information content (AvgIpc) is 2.59. The topological polar surface area (TPSA) is 94.6 Å². The number of H-pyrrole nitrogens is 1. The molecule has 7 nitrogen and oxygen atoms in total. The molecule has 2 N–H and O–H groups in total. The van der Waals surface area contributed by atoms with E-state index in [-0.39, 0.29) is 35.6 Å². The molecule has 0 saturated heterocycles. The summed E-state index contributed by atoms with van der Waals surface area (Å²) in [4.78, 5) is 39.2. The summed E-state index contributed by atoms with van der Waals surface area (Å²) in [5, 5.41) is 8.05. The fourth-order valence-electron chi connectivity index (χ4n) is 2.56. The molecule has 128 valence electrons. The number of benzene rings is 1. The zero-order valence-corrected chi connectivity index (χ0v) is 14.0. The van der Waals surface area contributed by atoms with Crippen LogP contribution in [0.5, 0.6) is 0 Å². The number of carbonyl (C=O) groups is 2. The summed E-state index contributed by atoms with van der Waals surface area (Å²) in [6.07, 6.45) is 3.32. The van der Waals surface area contributed by atoms with Crippen LogP contribution in [-0.2, 0) is 9.59 Å². The van der Waals surface area contributed by atoms with Gasteiger partial charge in [0.05, 0.1) is 5.69 Å². The predicted octanol–water partition coefficient (Wildman–Crippen LogP) is 2.11. The van der Waals surface area contributed by atoms with Gasteiger partial charge in [-0.2, -0.15) is 5.10 Å². The van der Waals surface area contributed by atoms with Crippen molar-refractivity contribution in [1.82, 2.24) is 4.98 Å². The van der Waals surface area contributed by atoms with Crippen LogP contribution in [-0.4, -0.2) is 22.5 Å². The van der Waals surface area contributed by atoms with Gasteiger partial charge in [-0.15, -0.1) is 0 Å². The van der Waals surface area contributed by atoms with Crippen molar-refractivity contribution in [3.8, 4) is 0 Å². The maximum atomic E-state index is 12.4. The summed E-state index contributed by atoms with van der Waals surface area (Å²) in [5.41, 5.74) is 2.60. The summed E-state index contributed by atoms with van der Waals surface area (Å²) in [5.74, 6) is -0.651. The van der Waals surface area contributed by atoms with Gasteiger partial charge in [-0.05, 0) is 31.0 Å². The van der Waals surface area contributed by atoms with Crippen LogP contribution < -0.4 is 15.8 Å². The van der Waals surface area contributed by atoms with E-state index in [9.17, 15) is 14.4 Å². The molecule has 0 fully saturated rings. The van der Waals surface area contributed by atoms with Crippen molar-refractivity contribution in [3.05, 3.63) is 58.0 Å². The SMILES string of the molecule is Cc1ccc(C)c(N2N=C(C(=O)Nc3c[nH]ccc3=O)CCC2=O)c1. The Balaban J connectivity index is 1.90. The molecule has 0 aliphatic carbocycles. The van der Waals surface area contributed by atoms with Gasteiger partial charge in [-0.25, -0.2) is 5.01 Å². The number of aromatic nitrogens is 1. The molecule has 0 bridgehead atoms. The van der Waals surface area contributed by atoms with Crippen LogP contribution in [0.2, 0.25) is 0 Å². The lowest BCUT2D eigenvalue weighted by molar-refractivity contribution is -0.118. The fraction of sp³-hybridized carbons (Fsp3) is 0.222. The third kappa shape index (κ3) is 3.50. The molecule has 1 aromatic carbocycles. The molecule has 1 aliphatic rings. The number of nitrogens with one attached hydrogen (secondary N) is 2. The minimum absolute atomic E-state index is 0.144. The normalized spacial score (nSPS) is 14.2. The lowest BCUT2D eigenvalue weighted by atomic mass is 10.1. The third-order valence-corrected chi connectivity index (χ3v) is 3.96. The molecule has 0 atom stereocenters. The Hall–Kier alpha value is -3.22. The van der Waals surface area contributed by atoms with Gasteiger partial charge in [0.1, 0.15) is 11.4 Å². The van der Waals surface area contributed by atoms with Gasteiger partial charge in [0.15, 0.2) is 0 Å². The third-order valence-electron chi connectivity index (χ3n) is 3.96. The first-order valence-corrected chi connectivity index (χ1v) is 7.92. The standard InChI is InChI=1S/C18H18N4O3/c1-11-3-4-12(2)15(9-11)22-17(24)6-5-13(21-22)18(25)20-14-10-19-8-7-16(14)23/h3-4,7-10H,5-6H2,1-2H3,(H,19,23)(H,20,25). The van der Waals surface area contributed by atoms with Crippen molar-refractivity contribution in [2.45, 2.75) is 26.7 Å². The number of nitrogens with zero attached hydrogens (tertiary/aromatic N) is 2. The van der Waals surface area contributed by atoms with E-state index in [0.717, 1.165) is 11.1 Å². The van der Waals surface area contributed by atoms with Crippen molar-refractivity contribution in [3.63, 3.8) is 0 Å². The smallest absolute Gasteiger partial charge is 0.272 e. The monoisotopic (exact) mass is 338 g/mol. The van der Waals surface area contributed by atoms with E-state index in [2.05, 4.69) is 15.4 Å². The van der Waals surface area contributed by atoms with E-state index in [4.69, 9.17) is 0 Å². The minimum Gasteiger partial charge on any atom is -0.366 e. The Labute approximate surface area is 144 Å². The number of hydrazone groups is 1. The number of carbonyl (C=O) groups excluding carboxylic acids is 2. The zero-order chi connectivity index (χ0) is 18.0. The van der Waals surface area contributed by atoms with Gasteiger partial charge in [-0.1, -0.05) is 12.1 Å². The van der Waals surface area contributed by atoms with Crippen LogP contribution in [0.15, 0.2) is 46.6 Å². The van der Waals surface area contributed by atoms with Crippen LogP contribution in [0.3, 0.4) is 0 Å². The Morgan fingerprint density at radius 3 is 2.76 bits per heavy atom. The molecular formula is C18H18N4O3. The van der Waals surface area contributed by atoms with Crippen LogP contribution in [0.25, 0.3) is 0 Å². The molecule has 1 aromatic heterocycles. The Morgan fingerprint density at radius 2 is 2.00 bits per heavy atom. The number of anilines is 2. The second-order valence-corrected chi connectivity index (χ2v) is 5.92. The number of hydrogen-bond donors (Lipinski definition) is 2. The van der Waals surface area contributed by atoms with Gasteiger partial charge in [0, 0.05) is 31.3 Å². The van der Waals surface area contributed by atoms with Crippen LogP contribution in [0.1, 0.15) is 24.0 Å². The molecule has 25 heavy (non-hydrogen) atoms. The molecule has 0 radical (unpaired) electrons. The summed E-state index contributed by atoms with van der Waals surface area (Å²) in [7, 11) is 0. The van der Waals surface area contributed by atoms with E-state index < -0.39 is 5.91 Å². The van der Waals surface area contributed by atoms with Crippen LogP contribution in [0, 0.1) is 13.8 Å². The summed E-state index contributed by atoms with van der Waals surface area (Å²) in [6, 6.07) is 7.04. The lowest BCUT2D eigenvalue weighted by Gasteiger charge is -2.24. The van der Waals surface area contributed by atoms with Crippen molar-refractivity contribution < 1.29 is 9.59 Å². The van der Waals surface area contributed by atoms with E-state index in [1.165, 1.54) is 23.5 Å². The number of hydrogen-bond acceptors (Lipinski definition) is 4. The highest BCUT2D eigenvalue weighted by molar-refractivity contribution is 6.44. The predicted molar refractivity (Wildman–Crippen MR) is 95.8 cm³/mol. The number of amides is 2. The Kier molecular flexibility index (Phi) is 4.47. The molecule has 0 spiro atoms. The minimum atomic E-state index is -0.487. The average molecular weight is 338 g/mol. The summed E-state index contributed by atoms with van der Waals surface area (Å²) >= 11 is 0. The van der Waals surface area contributed by atoms with E-state index in [0.29, 0.717) is 5.69 Å². The lowest BCUT2D eigenvalue weighted by Crippen LogP contribution is -2.37. The van der Waals surface area contributed by atoms with Crippen LogP contribution in [0.4, 0.5) is 11.4 Å². The maximum Gasteiger partial charge on any atom is 0.272 e. The fourth-order valence-corrected chi connectivity index (χ4v) is 2.56. The number of rotatable bonds is 3. The number of pyridine rings is 1. The molecule has 2 aromatic rings. The molecular weight excluding hydrogens is 320 g/mol. The van der Waals surface area contributed by atoms with Gasteiger partial charge < -0.3 is 10.3 Å². The highest BCUT2D eigenvalue weighted by atomic mass is 16.2. The van der Waals surface area contributed by atoms with Gasteiger partial charge in [-0.3, -0.25) is 14.4 Å². The highest BCUT2D eigenvalue weighted by Gasteiger charge is 2.26. The van der Waals surface area contributed by atoms with Crippen molar-refractivity contribution in [1.29, 1.82) is 0 Å². The quantitative estimate of drug-likeness (QED) is 0.897. The highest BCUT2D eigenvalue weighted by Crippen LogP contribution is 2.25. The van der Waals surface area contributed by atoms with Crippen molar-refractivity contribution >= 4 is 28.9 Å². The van der Waals surface area contributed by atoms with E-state index >= 15 is 0 Å². The molecule has 0 unspecified atom stereocenters. The van der Waals surface area contributed by atoms with Gasteiger partial charge in [0.2, 0.25) is 11.3 Å². The van der Waals surface area contributed by atoms with E-state index in [1.807, 2.05) is 32.0 Å². The summed E-state index contributed by atoms with van der Waals surface area (Å²) < 4.78 is 0. The van der Waals surface area contributed by atoms with Crippen molar-refractivity contribution in [2.24, 2.45) is 5.10 Å². The second-order valence-electron chi connectivity index (χ2n) is 5.92. The van der Waals surface area contributed by atoms with Gasteiger partial charge >= 0.3 is 0 Å². The number of aryl methyl sites for hydroxylation is 2. The molecule has 1 aliphatic heterocycles. The first kappa shape index (κ1) is 16.6. The molecule has 2 heterocycles. The molecule has 0 saturated carbocycles. The molecule has 3 rings (SSSR count). The van der Waals surface area contributed by atoms with Crippen LogP contribution >= 0.6 is 0 Å². The first-order valence-electron chi connectivity index (χ1n) is 7.92. The molecule has 2 amide bonds. The Bertz CT molecular complexity index is 930. The first-order chi connectivity index (χ1) is 12.0. The van der Waals surface area contributed by atoms with E-state index in [1.54, 1.807) is 0 Å². The zero-order valence-electron chi connectivity index (χ0n) is 14.0. The van der Waals surface area contributed by atoms with Crippen molar-refractivity contribution in [2.75, 3.05) is 10.3 Å². The maximum absolute atomic E-state index is 12.4.